The first kappa shape index (κ1) is 17.2. The van der Waals surface area contributed by atoms with E-state index in [9.17, 15) is 9.18 Å². The van der Waals surface area contributed by atoms with Gasteiger partial charge < -0.3 is 14.7 Å². The van der Waals surface area contributed by atoms with Crippen molar-refractivity contribution in [2.24, 2.45) is 0 Å². The van der Waals surface area contributed by atoms with Crippen LogP contribution >= 0.6 is 0 Å². The number of ether oxygens (including phenoxy) is 1. The van der Waals surface area contributed by atoms with E-state index in [4.69, 9.17) is 9.84 Å². The predicted octanol–water partition coefficient (Wildman–Crippen LogP) is 2.85. The first-order chi connectivity index (χ1) is 12.1. The van der Waals surface area contributed by atoms with Crippen molar-refractivity contribution < 1.29 is 19.0 Å². The maximum atomic E-state index is 13.8. The van der Waals surface area contributed by atoms with Gasteiger partial charge in [-0.25, -0.2) is 9.18 Å². The third kappa shape index (κ3) is 3.91. The topological polar surface area (TPSA) is 53.0 Å². The molecule has 25 heavy (non-hydrogen) atoms. The Morgan fingerprint density at radius 3 is 2.52 bits per heavy atom. The van der Waals surface area contributed by atoms with Gasteiger partial charge in [-0.3, -0.25) is 4.90 Å². The molecular formula is C19H21FN2O3. The third-order valence-corrected chi connectivity index (χ3v) is 4.47. The fourth-order valence-corrected chi connectivity index (χ4v) is 3.13. The number of carboxylic acid groups (broad SMARTS) is 1. The summed E-state index contributed by atoms with van der Waals surface area (Å²) >= 11 is 0. The van der Waals surface area contributed by atoms with Crippen molar-refractivity contribution in [3.05, 3.63) is 59.4 Å². The van der Waals surface area contributed by atoms with Gasteiger partial charge in [-0.1, -0.05) is 18.2 Å². The zero-order valence-electron chi connectivity index (χ0n) is 14.1. The minimum Gasteiger partial charge on any atom is -0.495 e. The molecule has 0 atom stereocenters. The van der Waals surface area contributed by atoms with Gasteiger partial charge in [0.05, 0.1) is 18.4 Å². The summed E-state index contributed by atoms with van der Waals surface area (Å²) < 4.78 is 19.2. The van der Waals surface area contributed by atoms with E-state index in [-0.39, 0.29) is 5.56 Å². The second kappa shape index (κ2) is 7.53. The standard InChI is InChI=1S/C19H21FN2O3/c1-25-18-5-3-2-4-17(18)22-10-8-21(9-11-22)13-14-6-7-15(19(23)24)16(20)12-14/h2-7,12H,8-11,13H2,1H3,(H,23,24). The van der Waals surface area contributed by atoms with E-state index in [1.54, 1.807) is 13.2 Å². The second-order valence-electron chi connectivity index (χ2n) is 6.05. The molecule has 0 unspecified atom stereocenters. The zero-order chi connectivity index (χ0) is 17.8. The first-order valence-corrected chi connectivity index (χ1v) is 8.20. The van der Waals surface area contributed by atoms with E-state index in [0.29, 0.717) is 6.54 Å². The van der Waals surface area contributed by atoms with Gasteiger partial charge in [-0.2, -0.15) is 0 Å². The van der Waals surface area contributed by atoms with Gasteiger partial charge >= 0.3 is 5.97 Å². The van der Waals surface area contributed by atoms with Crippen LogP contribution in [0.25, 0.3) is 0 Å². The highest BCUT2D eigenvalue weighted by atomic mass is 19.1. The van der Waals surface area contributed by atoms with Gasteiger partial charge in [0.25, 0.3) is 0 Å². The van der Waals surface area contributed by atoms with Crippen LogP contribution in [-0.4, -0.2) is 49.3 Å². The fourth-order valence-electron chi connectivity index (χ4n) is 3.13. The van der Waals surface area contributed by atoms with Crippen LogP contribution in [0.5, 0.6) is 5.75 Å². The lowest BCUT2D eigenvalue weighted by atomic mass is 10.1. The average molecular weight is 344 g/mol. The number of anilines is 1. The third-order valence-electron chi connectivity index (χ3n) is 4.47. The summed E-state index contributed by atoms with van der Waals surface area (Å²) in [6, 6.07) is 12.3. The molecule has 0 radical (unpaired) electrons. The van der Waals surface area contributed by atoms with Crippen molar-refractivity contribution in [3.63, 3.8) is 0 Å². The van der Waals surface area contributed by atoms with Crippen LogP contribution in [0.2, 0.25) is 0 Å². The van der Waals surface area contributed by atoms with Gasteiger partial charge in [0.15, 0.2) is 0 Å². The minimum absolute atomic E-state index is 0.287. The molecule has 1 fully saturated rings. The number of benzene rings is 2. The van der Waals surface area contributed by atoms with Crippen LogP contribution in [0.1, 0.15) is 15.9 Å². The molecule has 0 saturated carbocycles. The van der Waals surface area contributed by atoms with Crippen molar-refractivity contribution in [1.82, 2.24) is 4.90 Å². The monoisotopic (exact) mass is 344 g/mol. The number of para-hydroxylation sites is 2. The maximum Gasteiger partial charge on any atom is 0.338 e. The minimum atomic E-state index is -1.24. The average Bonchev–Trinajstić information content (AvgIpc) is 2.62. The van der Waals surface area contributed by atoms with Crippen molar-refractivity contribution in [1.29, 1.82) is 0 Å². The molecule has 132 valence electrons. The van der Waals surface area contributed by atoms with E-state index < -0.39 is 11.8 Å². The molecule has 0 amide bonds. The van der Waals surface area contributed by atoms with E-state index in [1.807, 2.05) is 18.2 Å². The lowest BCUT2D eigenvalue weighted by Gasteiger charge is -2.36. The molecule has 1 heterocycles. The molecule has 5 nitrogen and oxygen atoms in total. The fraction of sp³-hybridized carbons (Fsp3) is 0.316. The van der Waals surface area contributed by atoms with Gasteiger partial charge in [-0.05, 0) is 29.8 Å². The number of rotatable bonds is 5. The van der Waals surface area contributed by atoms with Gasteiger partial charge in [-0.15, -0.1) is 0 Å². The Balaban J connectivity index is 1.61. The summed E-state index contributed by atoms with van der Waals surface area (Å²) in [5.74, 6) is -1.06. The Labute approximate surface area is 146 Å². The van der Waals surface area contributed by atoms with Crippen LogP contribution in [0.15, 0.2) is 42.5 Å². The Hall–Kier alpha value is -2.60. The molecule has 2 aromatic rings. The van der Waals surface area contributed by atoms with E-state index in [0.717, 1.165) is 43.2 Å². The SMILES string of the molecule is COc1ccccc1N1CCN(Cc2ccc(C(=O)O)c(F)c2)CC1. The highest BCUT2D eigenvalue weighted by molar-refractivity contribution is 5.87. The van der Waals surface area contributed by atoms with Crippen LogP contribution in [-0.2, 0) is 6.54 Å². The maximum absolute atomic E-state index is 13.8. The number of aromatic carboxylic acids is 1. The Morgan fingerprint density at radius 1 is 1.16 bits per heavy atom. The highest BCUT2D eigenvalue weighted by Crippen LogP contribution is 2.28. The summed E-state index contributed by atoms with van der Waals surface area (Å²) in [6.07, 6.45) is 0. The number of hydrogen-bond donors (Lipinski definition) is 1. The summed E-state index contributed by atoms with van der Waals surface area (Å²) in [7, 11) is 1.67. The summed E-state index contributed by atoms with van der Waals surface area (Å²) in [5.41, 5.74) is 1.58. The predicted molar refractivity (Wildman–Crippen MR) is 93.8 cm³/mol. The van der Waals surface area contributed by atoms with E-state index in [2.05, 4.69) is 15.9 Å². The number of carbonyl (C=O) groups is 1. The number of nitrogens with zero attached hydrogens (tertiary/aromatic N) is 2. The normalized spacial score (nSPS) is 15.2. The Morgan fingerprint density at radius 2 is 1.88 bits per heavy atom. The number of hydrogen-bond acceptors (Lipinski definition) is 4. The molecule has 6 heteroatoms. The zero-order valence-corrected chi connectivity index (χ0v) is 14.1. The molecule has 0 aromatic heterocycles. The molecule has 3 rings (SSSR count). The molecule has 0 spiro atoms. The molecule has 1 N–H and O–H groups in total. The van der Waals surface area contributed by atoms with Crippen LogP contribution in [0, 0.1) is 5.82 Å². The van der Waals surface area contributed by atoms with Crippen molar-refractivity contribution >= 4 is 11.7 Å². The summed E-state index contributed by atoms with van der Waals surface area (Å²) in [4.78, 5) is 15.4. The quantitative estimate of drug-likeness (QED) is 0.904. The van der Waals surface area contributed by atoms with Crippen molar-refractivity contribution in [3.8, 4) is 5.75 Å². The van der Waals surface area contributed by atoms with Crippen molar-refractivity contribution in [2.75, 3.05) is 38.2 Å². The first-order valence-electron chi connectivity index (χ1n) is 8.20. The molecular weight excluding hydrogens is 323 g/mol. The second-order valence-corrected chi connectivity index (χ2v) is 6.05. The molecule has 0 bridgehead atoms. The number of carboxylic acids is 1. The largest absolute Gasteiger partial charge is 0.495 e. The molecule has 2 aromatic carbocycles. The number of piperazine rings is 1. The van der Waals surface area contributed by atoms with Gasteiger partial charge in [0.2, 0.25) is 0 Å². The van der Waals surface area contributed by atoms with Crippen molar-refractivity contribution in [2.45, 2.75) is 6.54 Å². The van der Waals surface area contributed by atoms with Crippen LogP contribution in [0.4, 0.5) is 10.1 Å². The smallest absolute Gasteiger partial charge is 0.338 e. The van der Waals surface area contributed by atoms with Crippen LogP contribution < -0.4 is 9.64 Å². The van der Waals surface area contributed by atoms with E-state index >= 15 is 0 Å². The Bertz CT molecular complexity index is 758. The molecule has 0 aliphatic carbocycles. The highest BCUT2D eigenvalue weighted by Gasteiger charge is 2.20. The lowest BCUT2D eigenvalue weighted by molar-refractivity contribution is 0.0692. The Kier molecular flexibility index (Phi) is 5.19. The lowest BCUT2D eigenvalue weighted by Crippen LogP contribution is -2.46. The van der Waals surface area contributed by atoms with E-state index in [1.165, 1.54) is 12.1 Å². The van der Waals surface area contributed by atoms with Crippen LogP contribution in [0.3, 0.4) is 0 Å². The molecule has 1 aliphatic rings. The summed E-state index contributed by atoms with van der Waals surface area (Å²) in [5, 5.41) is 8.89. The van der Waals surface area contributed by atoms with Gasteiger partial charge in [0, 0.05) is 32.7 Å². The molecule has 1 aliphatic heterocycles. The summed E-state index contributed by atoms with van der Waals surface area (Å²) in [6.45, 7) is 4.02. The molecule has 1 saturated heterocycles. The van der Waals surface area contributed by atoms with Gasteiger partial charge in [0.1, 0.15) is 11.6 Å². The number of methoxy groups -OCH3 is 1. The number of halogens is 1.